The molecule has 6 nitrogen and oxygen atoms in total. The monoisotopic (exact) mass is 395 g/mol. The van der Waals surface area contributed by atoms with Gasteiger partial charge in [-0.2, -0.15) is 0 Å². The van der Waals surface area contributed by atoms with Crippen LogP contribution in [0.15, 0.2) is 35.7 Å². The molecule has 6 heteroatoms. The molecule has 0 N–H and O–H groups in total. The second kappa shape index (κ2) is 8.49. The summed E-state index contributed by atoms with van der Waals surface area (Å²) in [5, 5.41) is 0. The highest BCUT2D eigenvalue weighted by atomic mass is 16.2. The number of hydrogen-bond acceptors (Lipinski definition) is 5. The minimum absolute atomic E-state index is 0.128. The van der Waals surface area contributed by atoms with Crippen molar-refractivity contribution < 1.29 is 14.4 Å². The minimum Gasteiger partial charge on any atom is -0.367 e. The lowest BCUT2D eigenvalue weighted by Gasteiger charge is -2.36. The topological polar surface area (TPSA) is 60.9 Å². The maximum absolute atomic E-state index is 13.4. The number of benzene rings is 1. The van der Waals surface area contributed by atoms with E-state index in [9.17, 15) is 14.4 Å². The van der Waals surface area contributed by atoms with E-state index in [1.54, 1.807) is 31.3 Å². The summed E-state index contributed by atoms with van der Waals surface area (Å²) in [4.78, 5) is 45.5. The number of allylic oxidation sites excluding steroid dienone is 2. The molecule has 1 aliphatic carbocycles. The Hall–Kier alpha value is -2.47. The lowest BCUT2D eigenvalue weighted by molar-refractivity contribution is -0.129. The molecule has 3 aliphatic rings. The molecule has 0 spiro atoms. The van der Waals surface area contributed by atoms with Crippen LogP contribution >= 0.6 is 0 Å². The van der Waals surface area contributed by atoms with E-state index in [0.717, 1.165) is 58.3 Å². The molecule has 0 unspecified atom stereocenters. The lowest BCUT2D eigenvalue weighted by atomic mass is 9.88. The Morgan fingerprint density at radius 3 is 2.03 bits per heavy atom. The molecule has 4 rings (SSSR count). The fourth-order valence-corrected chi connectivity index (χ4v) is 4.61. The van der Waals surface area contributed by atoms with Crippen molar-refractivity contribution in [3.8, 4) is 0 Å². The molecular formula is C23H29N3O3. The molecule has 1 amide bonds. The highest BCUT2D eigenvalue weighted by molar-refractivity contribution is 6.27. The zero-order valence-corrected chi connectivity index (χ0v) is 17.2. The van der Waals surface area contributed by atoms with Gasteiger partial charge in [-0.15, -0.1) is 0 Å². The van der Waals surface area contributed by atoms with Crippen molar-refractivity contribution in [2.75, 3.05) is 39.8 Å². The Bertz CT molecular complexity index is 849. The first kappa shape index (κ1) is 19.8. The number of likely N-dealkylation sites (N-methyl/N-ethyl adjacent to an activating group) is 1. The Balaban J connectivity index is 1.69. The van der Waals surface area contributed by atoms with E-state index in [0.29, 0.717) is 16.8 Å². The fourth-order valence-electron chi connectivity index (χ4n) is 4.61. The largest absolute Gasteiger partial charge is 0.367 e. The molecule has 2 saturated heterocycles. The Kier molecular flexibility index (Phi) is 5.81. The maximum atomic E-state index is 13.4. The quantitative estimate of drug-likeness (QED) is 0.785. The first-order chi connectivity index (χ1) is 14.1. The fraction of sp³-hybridized carbons (Fsp3) is 0.522. The highest BCUT2D eigenvalue weighted by Gasteiger charge is 2.38. The van der Waals surface area contributed by atoms with Gasteiger partial charge in [0.1, 0.15) is 11.4 Å². The summed E-state index contributed by atoms with van der Waals surface area (Å²) in [5.41, 5.74) is 1.49. The standard InChI is InChI=1S/C23H29N3O3/c1-24(19(27)16-25-12-6-2-7-13-25)20-21(26-14-8-3-9-15-26)23(29)18-11-5-4-10-17(18)22(20)28/h4-5,10-11H,2-3,6-9,12-16H2,1H3. The van der Waals surface area contributed by atoms with Gasteiger partial charge in [-0.05, 0) is 45.2 Å². The van der Waals surface area contributed by atoms with Crippen LogP contribution in [0.2, 0.25) is 0 Å². The van der Waals surface area contributed by atoms with Crippen LogP contribution in [0.5, 0.6) is 0 Å². The van der Waals surface area contributed by atoms with Crippen LogP contribution in [0, 0.1) is 0 Å². The van der Waals surface area contributed by atoms with E-state index in [2.05, 4.69) is 4.90 Å². The maximum Gasteiger partial charge on any atom is 0.241 e. The molecular weight excluding hydrogens is 366 g/mol. The molecule has 1 aromatic carbocycles. The Morgan fingerprint density at radius 1 is 0.862 bits per heavy atom. The molecule has 0 atom stereocenters. The highest BCUT2D eigenvalue weighted by Crippen LogP contribution is 2.31. The summed E-state index contributed by atoms with van der Waals surface area (Å²) in [5.74, 6) is -0.498. The Morgan fingerprint density at radius 2 is 1.41 bits per heavy atom. The van der Waals surface area contributed by atoms with Crippen molar-refractivity contribution in [2.24, 2.45) is 0 Å². The first-order valence-electron chi connectivity index (χ1n) is 10.7. The number of amides is 1. The third-order valence-corrected chi connectivity index (χ3v) is 6.26. The predicted octanol–water partition coefficient (Wildman–Crippen LogP) is 2.71. The summed E-state index contributed by atoms with van der Waals surface area (Å²) in [7, 11) is 1.64. The van der Waals surface area contributed by atoms with E-state index < -0.39 is 0 Å². The average molecular weight is 396 g/mol. The number of piperidine rings is 2. The summed E-state index contributed by atoms with van der Waals surface area (Å²) in [6.45, 7) is 3.60. The number of likely N-dealkylation sites (tertiary alicyclic amines) is 2. The normalized spacial score (nSPS) is 20.7. The molecule has 154 valence electrons. The van der Waals surface area contributed by atoms with Crippen molar-refractivity contribution in [1.29, 1.82) is 0 Å². The van der Waals surface area contributed by atoms with Crippen molar-refractivity contribution in [1.82, 2.24) is 14.7 Å². The predicted molar refractivity (Wildman–Crippen MR) is 111 cm³/mol. The Labute approximate surface area is 172 Å². The van der Waals surface area contributed by atoms with Crippen LogP contribution in [0.3, 0.4) is 0 Å². The molecule has 0 aromatic heterocycles. The van der Waals surface area contributed by atoms with Gasteiger partial charge in [0, 0.05) is 31.3 Å². The van der Waals surface area contributed by atoms with Gasteiger partial charge in [0.2, 0.25) is 17.5 Å². The molecule has 0 saturated carbocycles. The van der Waals surface area contributed by atoms with Gasteiger partial charge >= 0.3 is 0 Å². The number of fused-ring (bicyclic) bond motifs is 1. The third-order valence-electron chi connectivity index (χ3n) is 6.26. The minimum atomic E-state index is -0.227. The molecule has 2 heterocycles. The van der Waals surface area contributed by atoms with Crippen LogP contribution in [-0.4, -0.2) is 71.9 Å². The van der Waals surface area contributed by atoms with Gasteiger partial charge in [-0.25, -0.2) is 0 Å². The molecule has 29 heavy (non-hydrogen) atoms. The summed E-state index contributed by atoms with van der Waals surface area (Å²) < 4.78 is 0. The number of Topliss-reactive ketones (excluding diaryl/α,β-unsaturated/α-hetero) is 2. The van der Waals surface area contributed by atoms with E-state index in [1.165, 1.54) is 11.3 Å². The first-order valence-corrected chi connectivity index (χ1v) is 10.7. The van der Waals surface area contributed by atoms with E-state index in [4.69, 9.17) is 0 Å². The number of carbonyl (C=O) groups is 3. The summed E-state index contributed by atoms with van der Waals surface area (Å²) >= 11 is 0. The molecule has 0 bridgehead atoms. The van der Waals surface area contributed by atoms with Gasteiger partial charge in [-0.3, -0.25) is 19.3 Å². The molecule has 0 radical (unpaired) electrons. The van der Waals surface area contributed by atoms with Crippen molar-refractivity contribution in [3.05, 3.63) is 46.8 Å². The van der Waals surface area contributed by atoms with E-state index in [-0.39, 0.29) is 29.7 Å². The van der Waals surface area contributed by atoms with Crippen LogP contribution in [0.25, 0.3) is 0 Å². The zero-order chi connectivity index (χ0) is 20.4. The van der Waals surface area contributed by atoms with Crippen LogP contribution in [0.1, 0.15) is 59.2 Å². The second-order valence-electron chi connectivity index (χ2n) is 8.24. The third kappa shape index (κ3) is 3.86. The summed E-state index contributed by atoms with van der Waals surface area (Å²) in [6.07, 6.45) is 6.51. The van der Waals surface area contributed by atoms with Gasteiger partial charge in [0.05, 0.1) is 6.54 Å². The van der Waals surface area contributed by atoms with Gasteiger partial charge in [-0.1, -0.05) is 30.7 Å². The van der Waals surface area contributed by atoms with Crippen molar-refractivity contribution in [3.63, 3.8) is 0 Å². The number of ketones is 2. The smallest absolute Gasteiger partial charge is 0.241 e. The molecule has 2 aliphatic heterocycles. The summed E-state index contributed by atoms with van der Waals surface area (Å²) in [6, 6.07) is 6.95. The van der Waals surface area contributed by atoms with Gasteiger partial charge in [0.25, 0.3) is 0 Å². The second-order valence-corrected chi connectivity index (χ2v) is 8.24. The van der Waals surface area contributed by atoms with Crippen molar-refractivity contribution in [2.45, 2.75) is 38.5 Å². The lowest BCUT2D eigenvalue weighted by Crippen LogP contribution is -2.45. The average Bonchev–Trinajstić information content (AvgIpc) is 2.77. The molecule has 1 aromatic rings. The van der Waals surface area contributed by atoms with E-state index in [1.807, 2.05) is 4.90 Å². The SMILES string of the molecule is CN(C(=O)CN1CCCCC1)C1=C(N2CCCCC2)C(=O)c2ccccc2C1=O. The molecule has 2 fully saturated rings. The zero-order valence-electron chi connectivity index (χ0n) is 17.2. The van der Waals surface area contributed by atoms with Crippen LogP contribution in [-0.2, 0) is 4.79 Å². The number of hydrogen-bond donors (Lipinski definition) is 0. The van der Waals surface area contributed by atoms with Crippen LogP contribution in [0.4, 0.5) is 0 Å². The van der Waals surface area contributed by atoms with Crippen molar-refractivity contribution >= 4 is 17.5 Å². The number of rotatable bonds is 4. The number of carbonyl (C=O) groups excluding carboxylic acids is 3. The van der Waals surface area contributed by atoms with E-state index >= 15 is 0 Å². The van der Waals surface area contributed by atoms with Crippen LogP contribution < -0.4 is 0 Å². The van der Waals surface area contributed by atoms with Gasteiger partial charge in [0.15, 0.2) is 0 Å². The van der Waals surface area contributed by atoms with Gasteiger partial charge < -0.3 is 9.80 Å². The number of nitrogens with zero attached hydrogens (tertiary/aromatic N) is 3.